The summed E-state index contributed by atoms with van der Waals surface area (Å²) in [7, 11) is 0. The van der Waals surface area contributed by atoms with Crippen LogP contribution in [0.5, 0.6) is 0 Å². The van der Waals surface area contributed by atoms with E-state index in [0.29, 0.717) is 10.9 Å². The van der Waals surface area contributed by atoms with E-state index < -0.39 is 0 Å². The minimum Gasteiger partial charge on any atom is -0.289 e. The van der Waals surface area contributed by atoms with Crippen molar-refractivity contribution < 1.29 is 0 Å². The minimum absolute atomic E-state index is 0.684. The maximum absolute atomic E-state index is 5.88. The minimum atomic E-state index is 0.684. The summed E-state index contributed by atoms with van der Waals surface area (Å²) in [6, 6.07) is 1.93. The van der Waals surface area contributed by atoms with Gasteiger partial charge in [-0.2, -0.15) is 0 Å². The molecule has 2 nitrogen and oxygen atoms in total. The number of nitrogens with zero attached hydrogens (tertiary/aromatic N) is 2. The lowest BCUT2D eigenvalue weighted by Crippen LogP contribution is -2.14. The molecule has 14 heavy (non-hydrogen) atoms. The molecule has 0 spiro atoms. The largest absolute Gasteiger partial charge is 0.289 e. The van der Waals surface area contributed by atoms with Gasteiger partial charge in [0.05, 0.1) is 5.02 Å². The van der Waals surface area contributed by atoms with Crippen molar-refractivity contribution in [3.05, 3.63) is 29.0 Å². The van der Waals surface area contributed by atoms with E-state index >= 15 is 0 Å². The lowest BCUT2D eigenvalue weighted by molar-refractivity contribution is 0.538. The van der Waals surface area contributed by atoms with Crippen LogP contribution in [0.3, 0.4) is 0 Å². The summed E-state index contributed by atoms with van der Waals surface area (Å²) in [5.41, 5.74) is 2.22. The highest BCUT2D eigenvalue weighted by Gasteiger charge is 2.13. The highest BCUT2D eigenvalue weighted by atomic mass is 35.5. The number of hydrogen-bond acceptors (Lipinski definition) is 2. The van der Waals surface area contributed by atoms with Crippen LogP contribution in [0, 0.1) is 5.92 Å². The quantitative estimate of drug-likeness (QED) is 0.697. The summed E-state index contributed by atoms with van der Waals surface area (Å²) < 4.78 is 0. The van der Waals surface area contributed by atoms with Gasteiger partial charge in [-0.15, -0.1) is 0 Å². The van der Waals surface area contributed by atoms with Crippen LogP contribution in [0.2, 0.25) is 5.02 Å². The Hall–Kier alpha value is -0.890. The number of pyridine rings is 1. The summed E-state index contributed by atoms with van der Waals surface area (Å²) in [6.07, 6.45) is 5.74. The summed E-state index contributed by atoms with van der Waals surface area (Å²) >= 11 is 5.88. The van der Waals surface area contributed by atoms with Crippen molar-refractivity contribution in [1.82, 2.24) is 4.98 Å². The lowest BCUT2D eigenvalue weighted by Gasteiger charge is -2.17. The van der Waals surface area contributed by atoms with E-state index in [1.165, 1.54) is 6.42 Å². The SMILES string of the molecule is CC1CCC(c2cncc(Cl)c2)=NC1. The Labute approximate surface area is 89.0 Å². The molecule has 1 aliphatic heterocycles. The molecule has 1 unspecified atom stereocenters. The summed E-state index contributed by atoms with van der Waals surface area (Å²) in [4.78, 5) is 8.61. The summed E-state index contributed by atoms with van der Waals surface area (Å²) in [6.45, 7) is 3.17. The Morgan fingerprint density at radius 2 is 2.29 bits per heavy atom. The van der Waals surface area contributed by atoms with Gasteiger partial charge in [0, 0.05) is 30.2 Å². The Morgan fingerprint density at radius 1 is 1.43 bits per heavy atom. The van der Waals surface area contributed by atoms with Gasteiger partial charge < -0.3 is 0 Å². The zero-order chi connectivity index (χ0) is 9.97. The van der Waals surface area contributed by atoms with Gasteiger partial charge in [0.15, 0.2) is 0 Å². The Morgan fingerprint density at radius 3 is 2.93 bits per heavy atom. The number of rotatable bonds is 1. The smallest absolute Gasteiger partial charge is 0.0595 e. The molecule has 3 heteroatoms. The first kappa shape index (κ1) is 9.66. The fourth-order valence-corrected chi connectivity index (χ4v) is 1.80. The molecule has 0 aliphatic carbocycles. The predicted octanol–water partition coefficient (Wildman–Crippen LogP) is 2.95. The average Bonchev–Trinajstić information content (AvgIpc) is 2.19. The van der Waals surface area contributed by atoms with Crippen molar-refractivity contribution in [3.8, 4) is 0 Å². The van der Waals surface area contributed by atoms with Crippen molar-refractivity contribution in [3.63, 3.8) is 0 Å². The third-order valence-electron chi connectivity index (χ3n) is 2.51. The number of aromatic nitrogens is 1. The van der Waals surface area contributed by atoms with Crippen LogP contribution < -0.4 is 0 Å². The molecule has 0 fully saturated rings. The topological polar surface area (TPSA) is 25.2 Å². The molecule has 0 N–H and O–H groups in total. The van der Waals surface area contributed by atoms with Gasteiger partial charge in [-0.25, -0.2) is 0 Å². The Kier molecular flexibility index (Phi) is 2.82. The van der Waals surface area contributed by atoms with Gasteiger partial charge in [0.2, 0.25) is 0 Å². The highest BCUT2D eigenvalue weighted by Crippen LogP contribution is 2.18. The molecule has 74 valence electrons. The van der Waals surface area contributed by atoms with Crippen molar-refractivity contribution in [1.29, 1.82) is 0 Å². The molecule has 0 aromatic carbocycles. The fourth-order valence-electron chi connectivity index (χ4n) is 1.62. The van der Waals surface area contributed by atoms with Gasteiger partial charge in [-0.05, 0) is 24.8 Å². The van der Waals surface area contributed by atoms with E-state index in [1.54, 1.807) is 6.20 Å². The van der Waals surface area contributed by atoms with Gasteiger partial charge >= 0.3 is 0 Å². The lowest BCUT2D eigenvalue weighted by atomic mass is 9.97. The van der Waals surface area contributed by atoms with Crippen molar-refractivity contribution in [2.75, 3.05) is 6.54 Å². The van der Waals surface area contributed by atoms with Crippen molar-refractivity contribution in [2.45, 2.75) is 19.8 Å². The van der Waals surface area contributed by atoms with Gasteiger partial charge in [-0.3, -0.25) is 9.98 Å². The molecule has 1 atom stereocenters. The molecule has 2 heterocycles. The van der Waals surface area contributed by atoms with Crippen molar-refractivity contribution in [2.24, 2.45) is 10.9 Å². The van der Waals surface area contributed by atoms with E-state index in [1.807, 2.05) is 12.3 Å². The second-order valence-electron chi connectivity index (χ2n) is 3.82. The molecule has 1 aromatic heterocycles. The Balaban J connectivity index is 2.23. The van der Waals surface area contributed by atoms with Crippen LogP contribution in [0.25, 0.3) is 0 Å². The van der Waals surface area contributed by atoms with E-state index in [-0.39, 0.29) is 0 Å². The standard InChI is InChI=1S/C11H13ClN2/c1-8-2-3-11(14-5-8)9-4-10(12)7-13-6-9/h4,6-8H,2-3,5H2,1H3. The number of aliphatic imine (C=N–C) groups is 1. The molecule has 0 saturated carbocycles. The Bertz CT molecular complexity index is 360. The van der Waals surface area contributed by atoms with Crippen LogP contribution in [-0.4, -0.2) is 17.2 Å². The number of hydrogen-bond donors (Lipinski definition) is 0. The van der Waals surface area contributed by atoms with Crippen LogP contribution >= 0.6 is 11.6 Å². The zero-order valence-electron chi connectivity index (χ0n) is 8.20. The second kappa shape index (κ2) is 4.09. The molecule has 1 aliphatic rings. The fraction of sp³-hybridized carbons (Fsp3) is 0.455. The maximum Gasteiger partial charge on any atom is 0.0595 e. The van der Waals surface area contributed by atoms with E-state index in [0.717, 1.165) is 24.2 Å². The third-order valence-corrected chi connectivity index (χ3v) is 2.71. The second-order valence-corrected chi connectivity index (χ2v) is 4.26. The van der Waals surface area contributed by atoms with Crippen LogP contribution in [0.4, 0.5) is 0 Å². The predicted molar refractivity (Wildman–Crippen MR) is 59.0 cm³/mol. The molecule has 0 radical (unpaired) electrons. The van der Waals surface area contributed by atoms with Gasteiger partial charge in [0.25, 0.3) is 0 Å². The maximum atomic E-state index is 5.88. The monoisotopic (exact) mass is 208 g/mol. The zero-order valence-corrected chi connectivity index (χ0v) is 8.96. The first-order valence-corrected chi connectivity index (χ1v) is 5.28. The van der Waals surface area contributed by atoms with E-state index in [4.69, 9.17) is 11.6 Å². The van der Waals surface area contributed by atoms with E-state index in [2.05, 4.69) is 16.9 Å². The summed E-state index contributed by atoms with van der Waals surface area (Å²) in [5, 5.41) is 0.684. The van der Waals surface area contributed by atoms with Crippen LogP contribution in [0.15, 0.2) is 23.5 Å². The third kappa shape index (κ3) is 2.13. The average molecular weight is 209 g/mol. The number of halogens is 1. The van der Waals surface area contributed by atoms with Crippen LogP contribution in [-0.2, 0) is 0 Å². The molecule has 2 rings (SSSR count). The molecule has 0 saturated heterocycles. The van der Waals surface area contributed by atoms with E-state index in [9.17, 15) is 0 Å². The molecule has 0 amide bonds. The first-order chi connectivity index (χ1) is 6.75. The normalized spacial score (nSPS) is 21.9. The molecular weight excluding hydrogens is 196 g/mol. The summed E-state index contributed by atoms with van der Waals surface area (Å²) in [5.74, 6) is 0.714. The molecule has 1 aromatic rings. The van der Waals surface area contributed by atoms with Crippen LogP contribution in [0.1, 0.15) is 25.3 Å². The van der Waals surface area contributed by atoms with Gasteiger partial charge in [-0.1, -0.05) is 18.5 Å². The molecule has 0 bridgehead atoms. The molecular formula is C11H13ClN2. The first-order valence-electron chi connectivity index (χ1n) is 4.90. The van der Waals surface area contributed by atoms with Crippen molar-refractivity contribution >= 4 is 17.3 Å². The van der Waals surface area contributed by atoms with Gasteiger partial charge in [0.1, 0.15) is 0 Å². The highest BCUT2D eigenvalue weighted by molar-refractivity contribution is 6.30.